The molecule has 4 N–H and O–H groups in total. The van der Waals surface area contributed by atoms with Crippen molar-refractivity contribution in [1.29, 1.82) is 0 Å². The highest BCUT2D eigenvalue weighted by Crippen LogP contribution is 2.02. The lowest BCUT2D eigenvalue weighted by Gasteiger charge is -2.08. The van der Waals surface area contributed by atoms with E-state index in [-0.39, 0.29) is 30.9 Å². The second-order valence-corrected chi connectivity index (χ2v) is 1.88. The van der Waals surface area contributed by atoms with E-state index in [4.69, 9.17) is 15.7 Å². The SMILES string of the molecule is Cl.Cl.NN[C@@H]1COC[C@H]1O. The molecule has 1 aliphatic heterocycles. The number of halogens is 2. The van der Waals surface area contributed by atoms with Gasteiger partial charge < -0.3 is 9.84 Å². The summed E-state index contributed by atoms with van der Waals surface area (Å²) in [6, 6.07) is -0.0741. The van der Waals surface area contributed by atoms with Crippen LogP contribution in [0.25, 0.3) is 0 Å². The van der Waals surface area contributed by atoms with Crippen LogP contribution in [0.3, 0.4) is 0 Å². The van der Waals surface area contributed by atoms with Crippen molar-refractivity contribution in [2.24, 2.45) is 5.84 Å². The maximum Gasteiger partial charge on any atom is 0.0962 e. The van der Waals surface area contributed by atoms with Crippen LogP contribution < -0.4 is 11.3 Å². The van der Waals surface area contributed by atoms with E-state index < -0.39 is 6.10 Å². The van der Waals surface area contributed by atoms with E-state index >= 15 is 0 Å². The van der Waals surface area contributed by atoms with E-state index in [0.29, 0.717) is 13.2 Å². The van der Waals surface area contributed by atoms with Gasteiger partial charge in [0.05, 0.1) is 25.4 Å². The standard InChI is InChI=1S/C4H10N2O2.2ClH/c5-6-3-1-8-2-4(3)7;;/h3-4,6-7H,1-2,5H2;2*1H/t3-,4-;;/m1../s1. The van der Waals surface area contributed by atoms with Gasteiger partial charge >= 0.3 is 0 Å². The van der Waals surface area contributed by atoms with Crippen LogP contribution >= 0.6 is 24.8 Å². The summed E-state index contributed by atoms with van der Waals surface area (Å²) in [5.41, 5.74) is 2.44. The Labute approximate surface area is 71.9 Å². The second kappa shape index (κ2) is 6.15. The molecule has 64 valence electrons. The molecular weight excluding hydrogens is 179 g/mol. The predicted octanol–water partition coefficient (Wildman–Crippen LogP) is -0.947. The lowest BCUT2D eigenvalue weighted by molar-refractivity contribution is 0.122. The largest absolute Gasteiger partial charge is 0.389 e. The van der Waals surface area contributed by atoms with Gasteiger partial charge in [-0.05, 0) is 0 Å². The summed E-state index contributed by atoms with van der Waals surface area (Å²) in [6.45, 7) is 0.909. The number of nitrogens with two attached hydrogens (primary N) is 1. The molecule has 0 aromatic heterocycles. The van der Waals surface area contributed by atoms with Crippen LogP contribution in [-0.2, 0) is 4.74 Å². The van der Waals surface area contributed by atoms with E-state index in [0.717, 1.165) is 0 Å². The summed E-state index contributed by atoms with van der Waals surface area (Å²) in [6.07, 6.45) is -0.431. The monoisotopic (exact) mass is 190 g/mol. The minimum atomic E-state index is -0.431. The van der Waals surface area contributed by atoms with Gasteiger partial charge in [-0.1, -0.05) is 0 Å². The first-order valence-electron chi connectivity index (χ1n) is 2.56. The van der Waals surface area contributed by atoms with Crippen LogP contribution in [0.15, 0.2) is 0 Å². The van der Waals surface area contributed by atoms with E-state index in [9.17, 15) is 0 Å². The highest BCUT2D eigenvalue weighted by atomic mass is 35.5. The zero-order valence-corrected chi connectivity index (χ0v) is 6.95. The van der Waals surface area contributed by atoms with E-state index in [1.807, 2.05) is 0 Å². The Bertz CT molecular complexity index is 85.7. The van der Waals surface area contributed by atoms with Crippen LogP contribution in [0, 0.1) is 0 Å². The smallest absolute Gasteiger partial charge is 0.0962 e. The van der Waals surface area contributed by atoms with E-state index in [1.54, 1.807) is 0 Å². The van der Waals surface area contributed by atoms with Crippen LogP contribution in [0.4, 0.5) is 0 Å². The number of nitrogens with one attached hydrogen (secondary N) is 1. The summed E-state index contributed by atoms with van der Waals surface area (Å²) in [4.78, 5) is 0. The van der Waals surface area contributed by atoms with Crippen molar-refractivity contribution in [2.45, 2.75) is 12.1 Å². The summed E-state index contributed by atoms with van der Waals surface area (Å²) < 4.78 is 4.87. The van der Waals surface area contributed by atoms with Crippen LogP contribution in [0.1, 0.15) is 0 Å². The van der Waals surface area contributed by atoms with Gasteiger partial charge in [-0.25, -0.2) is 0 Å². The van der Waals surface area contributed by atoms with Gasteiger partial charge in [0.2, 0.25) is 0 Å². The molecular formula is C4H12Cl2N2O2. The number of aliphatic hydroxyl groups is 1. The molecule has 1 aliphatic rings. The lowest BCUT2D eigenvalue weighted by atomic mass is 10.2. The first kappa shape index (κ1) is 13.0. The first-order chi connectivity index (χ1) is 3.84. The molecule has 0 saturated carbocycles. The summed E-state index contributed by atoms with van der Waals surface area (Å²) in [5.74, 6) is 5.03. The number of rotatable bonds is 1. The molecule has 0 aromatic carbocycles. The number of ether oxygens (including phenoxy) is 1. The van der Waals surface area contributed by atoms with Gasteiger partial charge in [-0.3, -0.25) is 11.3 Å². The molecule has 6 heteroatoms. The van der Waals surface area contributed by atoms with Crippen molar-refractivity contribution >= 4 is 24.8 Å². The topological polar surface area (TPSA) is 67.5 Å². The number of hydrogen-bond donors (Lipinski definition) is 3. The average Bonchev–Trinajstić information content (AvgIpc) is 2.14. The van der Waals surface area contributed by atoms with Crippen LogP contribution in [0.5, 0.6) is 0 Å². The minimum absolute atomic E-state index is 0. The quantitative estimate of drug-likeness (QED) is 0.369. The second-order valence-electron chi connectivity index (χ2n) is 1.88. The normalized spacial score (nSPS) is 30.6. The number of aliphatic hydroxyl groups excluding tert-OH is 1. The molecule has 0 spiro atoms. The Hall–Kier alpha value is 0.420. The van der Waals surface area contributed by atoms with Gasteiger partial charge in [-0.2, -0.15) is 0 Å². The third kappa shape index (κ3) is 3.01. The minimum Gasteiger partial charge on any atom is -0.389 e. The summed E-state index contributed by atoms with van der Waals surface area (Å²) in [5, 5.41) is 8.92. The Kier molecular flexibility index (Phi) is 8.02. The Balaban J connectivity index is 0. The van der Waals surface area contributed by atoms with E-state index in [1.165, 1.54) is 0 Å². The molecule has 0 radical (unpaired) electrons. The molecule has 10 heavy (non-hydrogen) atoms. The Morgan fingerprint density at radius 3 is 2.20 bits per heavy atom. The molecule has 0 amide bonds. The maximum absolute atomic E-state index is 8.92. The van der Waals surface area contributed by atoms with Crippen molar-refractivity contribution in [1.82, 2.24) is 5.43 Å². The van der Waals surface area contributed by atoms with Crippen molar-refractivity contribution < 1.29 is 9.84 Å². The van der Waals surface area contributed by atoms with Crippen molar-refractivity contribution in [3.8, 4) is 0 Å². The predicted molar refractivity (Wildman–Crippen MR) is 42.4 cm³/mol. The molecule has 0 bridgehead atoms. The molecule has 2 atom stereocenters. The zero-order valence-electron chi connectivity index (χ0n) is 5.32. The fraction of sp³-hybridized carbons (Fsp3) is 1.00. The van der Waals surface area contributed by atoms with Crippen molar-refractivity contribution in [3.63, 3.8) is 0 Å². The van der Waals surface area contributed by atoms with Gasteiger partial charge in [0, 0.05) is 0 Å². The fourth-order valence-electron chi connectivity index (χ4n) is 0.702. The first-order valence-corrected chi connectivity index (χ1v) is 2.56. The summed E-state index contributed by atoms with van der Waals surface area (Å²) in [7, 11) is 0. The highest BCUT2D eigenvalue weighted by molar-refractivity contribution is 5.85. The van der Waals surface area contributed by atoms with E-state index in [2.05, 4.69) is 5.43 Å². The molecule has 1 fully saturated rings. The number of hydrazine groups is 1. The van der Waals surface area contributed by atoms with Gasteiger partial charge in [0.1, 0.15) is 0 Å². The Morgan fingerprint density at radius 2 is 2.00 bits per heavy atom. The summed E-state index contributed by atoms with van der Waals surface area (Å²) >= 11 is 0. The fourth-order valence-corrected chi connectivity index (χ4v) is 0.702. The molecule has 4 nitrogen and oxygen atoms in total. The zero-order chi connectivity index (χ0) is 5.98. The molecule has 1 saturated heterocycles. The molecule has 1 heterocycles. The van der Waals surface area contributed by atoms with Gasteiger partial charge in [0.15, 0.2) is 0 Å². The molecule has 1 rings (SSSR count). The van der Waals surface area contributed by atoms with Crippen LogP contribution in [0.2, 0.25) is 0 Å². The van der Waals surface area contributed by atoms with Crippen molar-refractivity contribution in [3.05, 3.63) is 0 Å². The molecule has 0 unspecified atom stereocenters. The van der Waals surface area contributed by atoms with Crippen molar-refractivity contribution in [2.75, 3.05) is 13.2 Å². The third-order valence-electron chi connectivity index (χ3n) is 1.26. The molecule has 0 aliphatic carbocycles. The number of hydrogen-bond acceptors (Lipinski definition) is 4. The lowest BCUT2D eigenvalue weighted by Crippen LogP contribution is -2.42. The van der Waals surface area contributed by atoms with Gasteiger partial charge in [0.25, 0.3) is 0 Å². The average molecular weight is 191 g/mol. The van der Waals surface area contributed by atoms with Gasteiger partial charge in [-0.15, -0.1) is 24.8 Å². The Morgan fingerprint density at radius 1 is 1.40 bits per heavy atom. The maximum atomic E-state index is 8.92. The van der Waals surface area contributed by atoms with Crippen LogP contribution in [-0.4, -0.2) is 30.5 Å². The molecule has 0 aromatic rings. The third-order valence-corrected chi connectivity index (χ3v) is 1.26. The highest BCUT2D eigenvalue weighted by Gasteiger charge is 2.24.